The van der Waals surface area contributed by atoms with Crippen molar-refractivity contribution in [3.05, 3.63) is 18.0 Å². The standard InChI is InChI=1S/C7H7N3O/c1-2-4-8-6(3-1)7-5-11-10-9-7/h3-5H,1-2H2. The number of nitrogens with zero attached hydrogens (tertiary/aromatic N) is 3. The fraction of sp³-hybridized carbons (Fsp3) is 0.286. The highest BCUT2D eigenvalue weighted by Crippen LogP contribution is 2.16. The van der Waals surface area contributed by atoms with Crippen molar-refractivity contribution in [2.24, 2.45) is 4.99 Å². The molecule has 0 N–H and O–H groups in total. The molecule has 4 heteroatoms. The van der Waals surface area contributed by atoms with Crippen molar-refractivity contribution in [1.29, 1.82) is 0 Å². The molecule has 0 spiro atoms. The Labute approximate surface area is 63.6 Å². The summed E-state index contributed by atoms with van der Waals surface area (Å²) in [7, 11) is 0. The lowest BCUT2D eigenvalue weighted by molar-refractivity contribution is 0.393. The molecule has 2 heterocycles. The predicted octanol–water partition coefficient (Wildman–Crippen LogP) is 1.28. The van der Waals surface area contributed by atoms with Gasteiger partial charge >= 0.3 is 0 Å². The molecule has 1 aliphatic heterocycles. The zero-order valence-corrected chi connectivity index (χ0v) is 5.90. The van der Waals surface area contributed by atoms with Gasteiger partial charge in [-0.3, -0.25) is 4.99 Å². The van der Waals surface area contributed by atoms with E-state index in [0.717, 1.165) is 18.5 Å². The van der Waals surface area contributed by atoms with Gasteiger partial charge in [0.05, 0.1) is 5.70 Å². The second kappa shape index (κ2) is 2.65. The van der Waals surface area contributed by atoms with E-state index < -0.39 is 0 Å². The molecule has 0 atom stereocenters. The first-order chi connectivity index (χ1) is 5.47. The smallest absolute Gasteiger partial charge is 0.153 e. The van der Waals surface area contributed by atoms with Crippen molar-refractivity contribution in [2.45, 2.75) is 12.8 Å². The molecule has 0 amide bonds. The third kappa shape index (κ3) is 1.19. The summed E-state index contributed by atoms with van der Waals surface area (Å²) in [5.41, 5.74) is 1.57. The van der Waals surface area contributed by atoms with Crippen molar-refractivity contribution in [3.8, 4) is 0 Å². The van der Waals surface area contributed by atoms with Crippen LogP contribution in [0.5, 0.6) is 0 Å². The molecule has 4 nitrogen and oxygen atoms in total. The van der Waals surface area contributed by atoms with E-state index in [1.54, 1.807) is 0 Å². The molecule has 0 saturated carbocycles. The van der Waals surface area contributed by atoms with Crippen LogP contribution in [0.1, 0.15) is 18.5 Å². The Balaban J connectivity index is 2.29. The molecule has 0 bridgehead atoms. The van der Waals surface area contributed by atoms with E-state index in [1.165, 1.54) is 6.26 Å². The SMILES string of the molecule is C1=NC(c2conn2)=CCC1. The number of aromatic nitrogens is 2. The van der Waals surface area contributed by atoms with Crippen LogP contribution >= 0.6 is 0 Å². The van der Waals surface area contributed by atoms with Gasteiger partial charge < -0.3 is 4.52 Å². The van der Waals surface area contributed by atoms with E-state index in [1.807, 2.05) is 12.3 Å². The van der Waals surface area contributed by atoms with Crippen LogP contribution in [-0.2, 0) is 0 Å². The second-order valence-electron chi connectivity index (χ2n) is 2.27. The predicted molar refractivity (Wildman–Crippen MR) is 40.0 cm³/mol. The van der Waals surface area contributed by atoms with Crippen molar-refractivity contribution in [3.63, 3.8) is 0 Å². The molecule has 0 saturated heterocycles. The molecule has 2 rings (SSSR count). The van der Waals surface area contributed by atoms with Gasteiger partial charge in [0.1, 0.15) is 0 Å². The molecule has 0 fully saturated rings. The monoisotopic (exact) mass is 149 g/mol. The number of allylic oxidation sites excluding steroid dienone is 1. The number of rotatable bonds is 1. The van der Waals surface area contributed by atoms with Gasteiger partial charge in [-0.15, -0.1) is 5.10 Å². The van der Waals surface area contributed by atoms with Gasteiger partial charge in [-0.05, 0) is 12.8 Å². The van der Waals surface area contributed by atoms with Gasteiger partial charge in [0.25, 0.3) is 0 Å². The maximum atomic E-state index is 4.59. The lowest BCUT2D eigenvalue weighted by Gasteiger charge is -1.99. The van der Waals surface area contributed by atoms with Gasteiger partial charge in [-0.2, -0.15) is 0 Å². The zero-order valence-electron chi connectivity index (χ0n) is 5.90. The van der Waals surface area contributed by atoms with Crippen LogP contribution in [0.3, 0.4) is 0 Å². The average molecular weight is 149 g/mol. The molecule has 0 aliphatic carbocycles. The molecule has 56 valence electrons. The summed E-state index contributed by atoms with van der Waals surface area (Å²) in [4.78, 5) is 4.15. The van der Waals surface area contributed by atoms with Crippen LogP contribution in [0, 0.1) is 0 Å². The van der Waals surface area contributed by atoms with Gasteiger partial charge in [-0.25, -0.2) is 0 Å². The maximum absolute atomic E-state index is 4.59. The van der Waals surface area contributed by atoms with Gasteiger partial charge in [-0.1, -0.05) is 6.08 Å². The lowest BCUT2D eigenvalue weighted by Crippen LogP contribution is -1.88. The van der Waals surface area contributed by atoms with E-state index in [-0.39, 0.29) is 0 Å². The highest BCUT2D eigenvalue weighted by Gasteiger charge is 2.05. The molecular formula is C7H7N3O. The van der Waals surface area contributed by atoms with Gasteiger partial charge in [0, 0.05) is 11.5 Å². The van der Waals surface area contributed by atoms with Crippen LogP contribution in [-0.4, -0.2) is 16.6 Å². The van der Waals surface area contributed by atoms with E-state index in [9.17, 15) is 0 Å². The maximum Gasteiger partial charge on any atom is 0.153 e. The fourth-order valence-corrected chi connectivity index (χ4v) is 0.957. The number of aliphatic imine (C=N–C) groups is 1. The molecule has 0 aromatic carbocycles. The largest absolute Gasteiger partial charge is 0.345 e. The minimum absolute atomic E-state index is 0.709. The quantitative estimate of drug-likeness (QED) is 0.604. The van der Waals surface area contributed by atoms with Crippen molar-refractivity contribution in [2.75, 3.05) is 0 Å². The third-order valence-electron chi connectivity index (χ3n) is 1.49. The van der Waals surface area contributed by atoms with Crippen LogP contribution in [0.15, 0.2) is 21.9 Å². The minimum Gasteiger partial charge on any atom is -0.345 e. The van der Waals surface area contributed by atoms with Gasteiger partial charge in [0.2, 0.25) is 0 Å². The Morgan fingerprint density at radius 1 is 1.36 bits per heavy atom. The zero-order chi connectivity index (χ0) is 7.52. The van der Waals surface area contributed by atoms with Crippen LogP contribution in [0.4, 0.5) is 0 Å². The highest BCUT2D eigenvalue weighted by atomic mass is 16.5. The third-order valence-corrected chi connectivity index (χ3v) is 1.49. The fourth-order valence-electron chi connectivity index (χ4n) is 0.957. The van der Waals surface area contributed by atoms with E-state index in [4.69, 9.17) is 0 Å². The topological polar surface area (TPSA) is 51.3 Å². The summed E-state index contributed by atoms with van der Waals surface area (Å²) in [6, 6.07) is 0. The first-order valence-corrected chi connectivity index (χ1v) is 3.47. The van der Waals surface area contributed by atoms with Crippen molar-refractivity contribution < 1.29 is 4.52 Å². The summed E-state index contributed by atoms with van der Waals surface area (Å²) in [6.07, 6.45) is 7.43. The Morgan fingerprint density at radius 2 is 2.36 bits per heavy atom. The Kier molecular flexibility index (Phi) is 1.51. The van der Waals surface area contributed by atoms with Crippen molar-refractivity contribution in [1.82, 2.24) is 10.4 Å². The van der Waals surface area contributed by atoms with Crippen LogP contribution in [0.2, 0.25) is 0 Å². The normalized spacial score (nSPS) is 16.5. The first kappa shape index (κ1) is 6.27. The average Bonchev–Trinajstić information content (AvgIpc) is 2.58. The molecule has 1 aliphatic rings. The van der Waals surface area contributed by atoms with E-state index in [2.05, 4.69) is 19.9 Å². The molecule has 1 aromatic heterocycles. The summed E-state index contributed by atoms with van der Waals surface area (Å²) in [5, 5.41) is 7.10. The lowest BCUT2D eigenvalue weighted by atomic mass is 10.2. The first-order valence-electron chi connectivity index (χ1n) is 3.47. The summed E-state index contributed by atoms with van der Waals surface area (Å²) in [5.74, 6) is 0. The Morgan fingerprint density at radius 3 is 3.00 bits per heavy atom. The summed E-state index contributed by atoms with van der Waals surface area (Å²) in [6.45, 7) is 0. The molecule has 1 aromatic rings. The summed E-state index contributed by atoms with van der Waals surface area (Å²) >= 11 is 0. The number of hydrogen-bond donors (Lipinski definition) is 0. The van der Waals surface area contributed by atoms with Crippen LogP contribution < -0.4 is 0 Å². The van der Waals surface area contributed by atoms with Crippen molar-refractivity contribution >= 4 is 11.9 Å². The second-order valence-corrected chi connectivity index (χ2v) is 2.27. The van der Waals surface area contributed by atoms with E-state index >= 15 is 0 Å². The Bertz CT molecular complexity index is 287. The Hall–Kier alpha value is -1.45. The molecular weight excluding hydrogens is 142 g/mol. The summed E-state index contributed by atoms with van der Waals surface area (Å²) < 4.78 is 4.59. The number of hydrogen-bond acceptors (Lipinski definition) is 4. The van der Waals surface area contributed by atoms with E-state index in [0.29, 0.717) is 5.69 Å². The minimum atomic E-state index is 0.709. The molecule has 0 radical (unpaired) electrons. The van der Waals surface area contributed by atoms with Crippen LogP contribution in [0.25, 0.3) is 5.70 Å². The van der Waals surface area contributed by atoms with Gasteiger partial charge in [0.15, 0.2) is 12.0 Å². The highest BCUT2D eigenvalue weighted by molar-refractivity contribution is 5.74. The molecule has 11 heavy (non-hydrogen) atoms. The molecule has 0 unspecified atom stereocenters.